The summed E-state index contributed by atoms with van der Waals surface area (Å²) in [7, 11) is 0. The van der Waals surface area contributed by atoms with E-state index in [4.69, 9.17) is 5.11 Å². The molecule has 2 N–H and O–H groups in total. The number of amides is 2. The minimum absolute atomic E-state index is 0.283. The fraction of sp³-hybridized carbons (Fsp3) is 0.833. The number of urea groups is 1. The second-order valence-corrected chi connectivity index (χ2v) is 5.47. The van der Waals surface area contributed by atoms with Crippen LogP contribution in [-0.2, 0) is 4.79 Å². The van der Waals surface area contributed by atoms with Crippen LogP contribution in [0.3, 0.4) is 0 Å². The van der Waals surface area contributed by atoms with Crippen molar-refractivity contribution in [1.82, 2.24) is 10.2 Å². The number of carboxylic acid groups (broad SMARTS) is 1. The number of alkyl halides is 3. The van der Waals surface area contributed by atoms with Gasteiger partial charge in [0.2, 0.25) is 0 Å². The lowest BCUT2D eigenvalue weighted by molar-refractivity contribution is -0.141. The molecule has 114 valence electrons. The first-order valence-electron chi connectivity index (χ1n) is 6.63. The molecule has 2 rings (SSSR count). The standard InChI is InChI=1S/C12H17F3N2O3/c13-12(14,15)6-17(9-3-4-9)11(20)16-8-2-1-7(5-8)10(18)19/h7-9H,1-6H2,(H,16,20)(H,18,19). The molecule has 0 aliphatic heterocycles. The number of carbonyl (C=O) groups is 2. The zero-order valence-electron chi connectivity index (χ0n) is 10.8. The summed E-state index contributed by atoms with van der Waals surface area (Å²) in [5, 5.41) is 11.4. The van der Waals surface area contributed by atoms with Crippen molar-refractivity contribution >= 4 is 12.0 Å². The summed E-state index contributed by atoms with van der Waals surface area (Å²) in [6.07, 6.45) is -2.02. The average Bonchev–Trinajstić information content (AvgIpc) is 3.04. The van der Waals surface area contributed by atoms with Gasteiger partial charge in [0.1, 0.15) is 6.54 Å². The maximum atomic E-state index is 12.4. The van der Waals surface area contributed by atoms with E-state index in [2.05, 4.69) is 5.32 Å². The molecule has 20 heavy (non-hydrogen) atoms. The predicted molar refractivity (Wildman–Crippen MR) is 63.1 cm³/mol. The maximum Gasteiger partial charge on any atom is 0.406 e. The van der Waals surface area contributed by atoms with Gasteiger partial charge in [-0.2, -0.15) is 13.2 Å². The lowest BCUT2D eigenvalue weighted by Gasteiger charge is -2.26. The van der Waals surface area contributed by atoms with E-state index in [0.717, 1.165) is 4.90 Å². The average molecular weight is 294 g/mol. The van der Waals surface area contributed by atoms with Crippen LogP contribution in [0.4, 0.5) is 18.0 Å². The monoisotopic (exact) mass is 294 g/mol. The largest absolute Gasteiger partial charge is 0.481 e. The van der Waals surface area contributed by atoms with Gasteiger partial charge in [-0.3, -0.25) is 4.79 Å². The Bertz CT molecular complexity index is 396. The van der Waals surface area contributed by atoms with E-state index >= 15 is 0 Å². The number of carbonyl (C=O) groups excluding carboxylic acids is 1. The third-order valence-electron chi connectivity index (χ3n) is 3.71. The van der Waals surface area contributed by atoms with Crippen molar-refractivity contribution in [2.24, 2.45) is 5.92 Å². The number of hydrogen-bond acceptors (Lipinski definition) is 2. The molecule has 0 aromatic rings. The summed E-state index contributed by atoms with van der Waals surface area (Å²) < 4.78 is 37.3. The molecule has 0 saturated heterocycles. The maximum absolute atomic E-state index is 12.4. The van der Waals surface area contributed by atoms with Gasteiger partial charge in [-0.1, -0.05) is 0 Å². The smallest absolute Gasteiger partial charge is 0.406 e. The minimum atomic E-state index is -4.42. The first-order valence-corrected chi connectivity index (χ1v) is 6.63. The summed E-state index contributed by atoms with van der Waals surface area (Å²) in [5.41, 5.74) is 0. The molecular weight excluding hydrogens is 277 g/mol. The highest BCUT2D eigenvalue weighted by molar-refractivity contribution is 5.76. The fourth-order valence-corrected chi connectivity index (χ4v) is 2.54. The first kappa shape index (κ1) is 14.9. The van der Waals surface area contributed by atoms with Crippen LogP contribution >= 0.6 is 0 Å². The summed E-state index contributed by atoms with van der Waals surface area (Å²) >= 11 is 0. The zero-order chi connectivity index (χ0) is 14.9. The van der Waals surface area contributed by atoms with Gasteiger partial charge in [0, 0.05) is 12.1 Å². The Kier molecular flexibility index (Phi) is 4.10. The van der Waals surface area contributed by atoms with Crippen molar-refractivity contribution < 1.29 is 27.9 Å². The number of halogens is 3. The molecule has 0 aromatic heterocycles. The molecule has 2 saturated carbocycles. The third kappa shape index (κ3) is 4.01. The van der Waals surface area contributed by atoms with E-state index in [9.17, 15) is 22.8 Å². The molecule has 2 unspecified atom stereocenters. The lowest BCUT2D eigenvalue weighted by atomic mass is 10.1. The van der Waals surface area contributed by atoms with Crippen molar-refractivity contribution in [3.8, 4) is 0 Å². The Morgan fingerprint density at radius 1 is 1.20 bits per heavy atom. The van der Waals surface area contributed by atoms with Crippen LogP contribution in [-0.4, -0.2) is 46.8 Å². The SMILES string of the molecule is O=C(O)C1CCC(NC(=O)N(CC(F)(F)F)C2CC2)C1. The molecule has 0 bridgehead atoms. The number of hydrogen-bond donors (Lipinski definition) is 2. The molecule has 2 atom stereocenters. The molecule has 2 fully saturated rings. The molecule has 5 nitrogen and oxygen atoms in total. The normalized spacial score (nSPS) is 26.4. The summed E-state index contributed by atoms with van der Waals surface area (Å²) in [5.74, 6) is -1.44. The van der Waals surface area contributed by atoms with Crippen LogP contribution in [0.5, 0.6) is 0 Å². The van der Waals surface area contributed by atoms with E-state index in [1.54, 1.807) is 0 Å². The van der Waals surface area contributed by atoms with Gasteiger partial charge in [0.25, 0.3) is 0 Å². The molecule has 2 aliphatic carbocycles. The van der Waals surface area contributed by atoms with Gasteiger partial charge in [0.15, 0.2) is 0 Å². The van der Waals surface area contributed by atoms with Crippen LogP contribution in [0, 0.1) is 5.92 Å². The quantitative estimate of drug-likeness (QED) is 0.833. The van der Waals surface area contributed by atoms with Crippen LogP contribution in [0.1, 0.15) is 32.1 Å². The van der Waals surface area contributed by atoms with E-state index < -0.39 is 30.6 Å². The Hall–Kier alpha value is -1.47. The number of aliphatic carboxylic acids is 1. The Balaban J connectivity index is 1.88. The second kappa shape index (κ2) is 5.49. The second-order valence-electron chi connectivity index (χ2n) is 5.47. The Morgan fingerprint density at radius 2 is 1.85 bits per heavy atom. The fourth-order valence-electron chi connectivity index (χ4n) is 2.54. The third-order valence-corrected chi connectivity index (χ3v) is 3.71. The number of carboxylic acids is 1. The Morgan fingerprint density at radius 3 is 2.30 bits per heavy atom. The Labute approximate surface area is 114 Å². The zero-order valence-corrected chi connectivity index (χ0v) is 10.8. The minimum Gasteiger partial charge on any atom is -0.481 e. The van der Waals surface area contributed by atoms with E-state index in [1.165, 1.54) is 0 Å². The highest BCUT2D eigenvalue weighted by Crippen LogP contribution is 2.31. The number of rotatable bonds is 4. The van der Waals surface area contributed by atoms with Crippen molar-refractivity contribution in [1.29, 1.82) is 0 Å². The van der Waals surface area contributed by atoms with Gasteiger partial charge in [-0.15, -0.1) is 0 Å². The highest BCUT2D eigenvalue weighted by atomic mass is 19.4. The van der Waals surface area contributed by atoms with Crippen molar-refractivity contribution in [2.45, 2.75) is 50.4 Å². The number of nitrogens with zero attached hydrogens (tertiary/aromatic N) is 1. The highest BCUT2D eigenvalue weighted by Gasteiger charge is 2.41. The molecule has 0 spiro atoms. The first-order chi connectivity index (χ1) is 9.26. The summed E-state index contributed by atoms with van der Waals surface area (Å²) in [4.78, 5) is 23.5. The summed E-state index contributed by atoms with van der Waals surface area (Å²) in [6.45, 7) is -1.25. The van der Waals surface area contributed by atoms with Crippen molar-refractivity contribution in [2.75, 3.05) is 6.54 Å². The van der Waals surface area contributed by atoms with Gasteiger partial charge in [-0.25, -0.2) is 4.79 Å². The molecule has 0 heterocycles. The van der Waals surface area contributed by atoms with Crippen LogP contribution < -0.4 is 5.32 Å². The van der Waals surface area contributed by atoms with Crippen molar-refractivity contribution in [3.05, 3.63) is 0 Å². The molecule has 0 radical (unpaired) electrons. The lowest BCUT2D eigenvalue weighted by Crippen LogP contribution is -2.48. The topological polar surface area (TPSA) is 69.6 Å². The molecule has 8 heteroatoms. The van der Waals surface area contributed by atoms with Gasteiger partial charge in [-0.05, 0) is 32.1 Å². The van der Waals surface area contributed by atoms with Crippen LogP contribution in [0.2, 0.25) is 0 Å². The van der Waals surface area contributed by atoms with Crippen LogP contribution in [0.25, 0.3) is 0 Å². The molecule has 2 aliphatic rings. The van der Waals surface area contributed by atoms with E-state index in [1.807, 2.05) is 0 Å². The number of nitrogens with one attached hydrogen (secondary N) is 1. The molecular formula is C12H17F3N2O3. The predicted octanol–water partition coefficient (Wildman–Crippen LogP) is 1.98. The molecule has 2 amide bonds. The van der Waals surface area contributed by atoms with Gasteiger partial charge >= 0.3 is 18.2 Å². The van der Waals surface area contributed by atoms with Gasteiger partial charge < -0.3 is 15.3 Å². The van der Waals surface area contributed by atoms with E-state index in [0.29, 0.717) is 25.7 Å². The van der Waals surface area contributed by atoms with E-state index in [-0.39, 0.29) is 18.5 Å². The summed E-state index contributed by atoms with van der Waals surface area (Å²) in [6, 6.07) is -1.42. The molecule has 0 aromatic carbocycles. The van der Waals surface area contributed by atoms with Crippen molar-refractivity contribution in [3.63, 3.8) is 0 Å². The van der Waals surface area contributed by atoms with Gasteiger partial charge in [0.05, 0.1) is 5.92 Å². The van der Waals surface area contributed by atoms with Crippen LogP contribution in [0.15, 0.2) is 0 Å².